The molecule has 1 aliphatic heterocycles. The van der Waals surface area contributed by atoms with Gasteiger partial charge in [0.2, 0.25) is 17.7 Å². The fourth-order valence-electron chi connectivity index (χ4n) is 4.23. The number of benzene rings is 1. The third kappa shape index (κ3) is 3.07. The van der Waals surface area contributed by atoms with Crippen molar-refractivity contribution in [2.24, 2.45) is 23.7 Å². The van der Waals surface area contributed by atoms with Gasteiger partial charge in [-0.3, -0.25) is 19.3 Å². The zero-order chi connectivity index (χ0) is 19.3. The van der Waals surface area contributed by atoms with E-state index in [9.17, 15) is 23.2 Å². The van der Waals surface area contributed by atoms with Crippen LogP contribution in [0.15, 0.2) is 30.4 Å². The second-order valence-electron chi connectivity index (χ2n) is 6.83. The number of fused-ring (bicyclic) bond motifs is 5. The van der Waals surface area contributed by atoms with Crippen molar-refractivity contribution in [3.8, 4) is 5.75 Å². The summed E-state index contributed by atoms with van der Waals surface area (Å²) in [5, 5.41) is 2.41. The van der Waals surface area contributed by atoms with E-state index in [1.807, 2.05) is 12.2 Å². The first kappa shape index (κ1) is 17.9. The zero-order valence-electron chi connectivity index (χ0n) is 13.9. The Hall–Kier alpha value is -2.48. The van der Waals surface area contributed by atoms with Gasteiger partial charge in [0.25, 0.3) is 0 Å². The number of imide groups is 1. The molecule has 0 aromatic heterocycles. The molecule has 142 valence electrons. The standard InChI is InChI=1S/C18H15ClF2N2O4/c19-11-6-10(3-4-12(11)27-18(20)21)22-13(24)7-23-16(25)14-8-1-2-9(5-8)15(14)17(23)26/h1-4,6,8-9,14-15,18H,5,7H2,(H,22,24). The van der Waals surface area contributed by atoms with Gasteiger partial charge in [-0.25, -0.2) is 0 Å². The van der Waals surface area contributed by atoms with Gasteiger partial charge < -0.3 is 10.1 Å². The largest absolute Gasteiger partial charge is 0.433 e. The van der Waals surface area contributed by atoms with E-state index < -0.39 is 19.1 Å². The Morgan fingerprint density at radius 2 is 1.85 bits per heavy atom. The molecule has 4 rings (SSSR count). The highest BCUT2D eigenvalue weighted by atomic mass is 35.5. The highest BCUT2D eigenvalue weighted by Gasteiger charge is 2.59. The number of allylic oxidation sites excluding steroid dienone is 2. The first-order chi connectivity index (χ1) is 12.8. The predicted molar refractivity (Wildman–Crippen MR) is 91.2 cm³/mol. The summed E-state index contributed by atoms with van der Waals surface area (Å²) in [7, 11) is 0. The van der Waals surface area contributed by atoms with E-state index >= 15 is 0 Å². The number of alkyl halides is 2. The number of carbonyl (C=O) groups excluding carboxylic acids is 3. The number of nitrogens with one attached hydrogen (secondary N) is 1. The Kier molecular flexibility index (Phi) is 4.38. The second kappa shape index (κ2) is 6.60. The third-order valence-corrected chi connectivity index (χ3v) is 5.59. The fraction of sp³-hybridized carbons (Fsp3) is 0.389. The lowest BCUT2D eigenvalue weighted by Crippen LogP contribution is -2.39. The van der Waals surface area contributed by atoms with Crippen molar-refractivity contribution >= 4 is 35.0 Å². The molecule has 1 aromatic carbocycles. The van der Waals surface area contributed by atoms with Gasteiger partial charge in [0, 0.05) is 5.69 Å². The highest BCUT2D eigenvalue weighted by Crippen LogP contribution is 2.52. The highest BCUT2D eigenvalue weighted by molar-refractivity contribution is 6.32. The minimum Gasteiger partial charge on any atom is -0.433 e. The molecule has 2 aliphatic carbocycles. The fourth-order valence-corrected chi connectivity index (χ4v) is 4.46. The summed E-state index contributed by atoms with van der Waals surface area (Å²) in [5.74, 6) is -1.98. The number of amides is 3. The van der Waals surface area contributed by atoms with Gasteiger partial charge in [-0.15, -0.1) is 0 Å². The Labute approximate surface area is 158 Å². The predicted octanol–water partition coefficient (Wildman–Crippen LogP) is 2.69. The van der Waals surface area contributed by atoms with Gasteiger partial charge >= 0.3 is 6.61 Å². The maximum absolute atomic E-state index is 12.6. The van der Waals surface area contributed by atoms with Crippen LogP contribution in [0.25, 0.3) is 0 Å². The van der Waals surface area contributed by atoms with Crippen molar-refractivity contribution < 1.29 is 27.9 Å². The van der Waals surface area contributed by atoms with Crippen LogP contribution < -0.4 is 10.1 Å². The van der Waals surface area contributed by atoms with Gasteiger partial charge in [0.1, 0.15) is 12.3 Å². The maximum atomic E-state index is 12.6. The van der Waals surface area contributed by atoms with E-state index in [1.54, 1.807) is 0 Å². The zero-order valence-corrected chi connectivity index (χ0v) is 14.7. The lowest BCUT2D eigenvalue weighted by atomic mass is 9.85. The number of nitrogens with zero attached hydrogens (tertiary/aromatic N) is 1. The molecule has 1 N–H and O–H groups in total. The molecule has 0 radical (unpaired) electrons. The van der Waals surface area contributed by atoms with Crippen LogP contribution in [-0.2, 0) is 14.4 Å². The number of carbonyl (C=O) groups is 3. The van der Waals surface area contributed by atoms with Crippen LogP contribution in [-0.4, -0.2) is 35.8 Å². The van der Waals surface area contributed by atoms with Crippen molar-refractivity contribution in [2.45, 2.75) is 13.0 Å². The van der Waals surface area contributed by atoms with Gasteiger partial charge in [0.15, 0.2) is 0 Å². The van der Waals surface area contributed by atoms with E-state index in [4.69, 9.17) is 11.6 Å². The minimum absolute atomic E-state index is 0.0747. The van der Waals surface area contributed by atoms with Gasteiger partial charge in [-0.05, 0) is 36.5 Å². The molecule has 1 saturated carbocycles. The van der Waals surface area contributed by atoms with Crippen LogP contribution in [0.5, 0.6) is 5.75 Å². The van der Waals surface area contributed by atoms with E-state index in [0.29, 0.717) is 0 Å². The molecular formula is C18H15ClF2N2O4. The first-order valence-corrected chi connectivity index (χ1v) is 8.80. The van der Waals surface area contributed by atoms with Crippen LogP contribution in [0.2, 0.25) is 5.02 Å². The summed E-state index contributed by atoms with van der Waals surface area (Å²) < 4.78 is 28.7. The van der Waals surface area contributed by atoms with Crippen molar-refractivity contribution in [1.29, 1.82) is 0 Å². The number of hydrogen-bond donors (Lipinski definition) is 1. The summed E-state index contributed by atoms with van der Waals surface area (Å²) in [6.07, 6.45) is 4.77. The molecule has 3 aliphatic rings. The number of hydrogen-bond acceptors (Lipinski definition) is 4. The molecule has 1 heterocycles. The minimum atomic E-state index is -3.01. The summed E-state index contributed by atoms with van der Waals surface area (Å²) in [4.78, 5) is 38.4. The molecule has 6 nitrogen and oxygen atoms in total. The normalized spacial score (nSPS) is 28.2. The van der Waals surface area contributed by atoms with E-state index in [1.165, 1.54) is 18.2 Å². The summed E-state index contributed by atoms with van der Waals surface area (Å²) in [6, 6.07) is 3.79. The van der Waals surface area contributed by atoms with Gasteiger partial charge in [0.05, 0.1) is 16.9 Å². The summed E-state index contributed by atoms with van der Waals surface area (Å²) in [6.45, 7) is -3.41. The first-order valence-electron chi connectivity index (χ1n) is 8.43. The Balaban J connectivity index is 1.41. The Bertz CT molecular complexity index is 830. The molecule has 9 heteroatoms. The van der Waals surface area contributed by atoms with Crippen molar-refractivity contribution in [3.63, 3.8) is 0 Å². The van der Waals surface area contributed by atoms with Crippen LogP contribution in [0.4, 0.5) is 14.5 Å². The summed E-state index contributed by atoms with van der Waals surface area (Å²) in [5.41, 5.74) is 0.243. The van der Waals surface area contributed by atoms with Crippen LogP contribution in [0, 0.1) is 23.7 Å². The average Bonchev–Trinajstić information content (AvgIpc) is 3.27. The number of likely N-dealkylation sites (tertiary alicyclic amines) is 1. The molecular weight excluding hydrogens is 382 g/mol. The smallest absolute Gasteiger partial charge is 0.387 e. The van der Waals surface area contributed by atoms with Crippen molar-refractivity contribution in [3.05, 3.63) is 35.4 Å². The molecule has 27 heavy (non-hydrogen) atoms. The quantitative estimate of drug-likeness (QED) is 0.613. The molecule has 0 spiro atoms. The van der Waals surface area contributed by atoms with E-state index in [0.717, 1.165) is 11.3 Å². The van der Waals surface area contributed by atoms with Gasteiger partial charge in [-0.2, -0.15) is 8.78 Å². The molecule has 2 bridgehead atoms. The molecule has 3 amide bonds. The van der Waals surface area contributed by atoms with Crippen LogP contribution in [0.3, 0.4) is 0 Å². The Morgan fingerprint density at radius 1 is 1.22 bits per heavy atom. The molecule has 1 saturated heterocycles. The lowest BCUT2D eigenvalue weighted by molar-refractivity contribution is -0.143. The third-order valence-electron chi connectivity index (χ3n) is 5.30. The van der Waals surface area contributed by atoms with Crippen LogP contribution >= 0.6 is 11.6 Å². The van der Waals surface area contributed by atoms with Crippen molar-refractivity contribution in [1.82, 2.24) is 4.90 Å². The topological polar surface area (TPSA) is 75.7 Å². The second-order valence-corrected chi connectivity index (χ2v) is 7.24. The molecule has 2 fully saturated rings. The summed E-state index contributed by atoms with van der Waals surface area (Å²) >= 11 is 5.84. The van der Waals surface area contributed by atoms with Crippen LogP contribution in [0.1, 0.15) is 6.42 Å². The lowest BCUT2D eigenvalue weighted by Gasteiger charge is -2.17. The van der Waals surface area contributed by atoms with E-state index in [-0.39, 0.29) is 51.9 Å². The molecule has 1 aromatic rings. The van der Waals surface area contributed by atoms with Crippen molar-refractivity contribution in [2.75, 3.05) is 11.9 Å². The monoisotopic (exact) mass is 396 g/mol. The number of halogens is 3. The molecule has 4 unspecified atom stereocenters. The number of anilines is 1. The maximum Gasteiger partial charge on any atom is 0.387 e. The average molecular weight is 397 g/mol. The molecule has 4 atom stereocenters. The number of ether oxygens (including phenoxy) is 1. The Morgan fingerprint density at radius 3 is 2.41 bits per heavy atom. The number of rotatable bonds is 5. The van der Waals surface area contributed by atoms with Gasteiger partial charge in [-0.1, -0.05) is 23.8 Å². The SMILES string of the molecule is O=C(CN1C(=O)C2C3C=CC(C3)C2C1=O)Nc1ccc(OC(F)F)c(Cl)c1. The van der Waals surface area contributed by atoms with E-state index in [2.05, 4.69) is 10.1 Å².